The van der Waals surface area contributed by atoms with Crippen molar-refractivity contribution < 1.29 is 9.18 Å². The molecule has 88 valence electrons. The van der Waals surface area contributed by atoms with Crippen molar-refractivity contribution in [2.45, 2.75) is 6.54 Å². The third-order valence-corrected chi connectivity index (χ3v) is 3.38. The molecule has 6 heteroatoms. The average Bonchev–Trinajstić information content (AvgIpc) is 2.78. The Bertz CT molecular complexity index is 530. The van der Waals surface area contributed by atoms with Gasteiger partial charge in [0.15, 0.2) is 0 Å². The maximum atomic E-state index is 12.8. The van der Waals surface area contributed by atoms with Crippen LogP contribution < -0.4 is 5.32 Å². The fourth-order valence-corrected chi connectivity index (χ4v) is 2.35. The van der Waals surface area contributed by atoms with Crippen molar-refractivity contribution in [1.82, 2.24) is 10.3 Å². The number of carbonyl (C=O) groups is 1. The van der Waals surface area contributed by atoms with E-state index in [4.69, 9.17) is 0 Å². The molecule has 0 saturated heterocycles. The first kappa shape index (κ1) is 12.2. The lowest BCUT2D eigenvalue weighted by Crippen LogP contribution is -2.23. The lowest BCUT2D eigenvalue weighted by Gasteiger charge is -2.05. The predicted molar refractivity (Wildman–Crippen MR) is 67.4 cm³/mol. The molecule has 2 rings (SSSR count). The van der Waals surface area contributed by atoms with Crippen molar-refractivity contribution in [3.05, 3.63) is 50.6 Å². The summed E-state index contributed by atoms with van der Waals surface area (Å²) in [5.41, 5.74) is 2.91. The number of thiazole rings is 1. The number of hydrogen-bond donors (Lipinski definition) is 1. The molecule has 0 bridgehead atoms. The molecule has 1 N–H and O–H groups in total. The van der Waals surface area contributed by atoms with Gasteiger partial charge in [0, 0.05) is 9.85 Å². The third-order valence-electron chi connectivity index (χ3n) is 2.09. The topological polar surface area (TPSA) is 42.0 Å². The molecule has 2 aromatic rings. The maximum Gasteiger partial charge on any atom is 0.252 e. The zero-order valence-corrected chi connectivity index (χ0v) is 11.0. The van der Waals surface area contributed by atoms with E-state index in [1.165, 1.54) is 29.5 Å². The van der Waals surface area contributed by atoms with E-state index in [-0.39, 0.29) is 11.7 Å². The lowest BCUT2D eigenvalue weighted by molar-refractivity contribution is 0.0949. The Hall–Kier alpha value is -1.27. The molecule has 0 fully saturated rings. The highest BCUT2D eigenvalue weighted by molar-refractivity contribution is 9.10. The molecule has 0 aliphatic heterocycles. The predicted octanol–water partition coefficient (Wildman–Crippen LogP) is 2.97. The molecule has 1 heterocycles. The molecule has 0 atom stereocenters. The Kier molecular flexibility index (Phi) is 3.86. The number of hydrogen-bond acceptors (Lipinski definition) is 3. The summed E-state index contributed by atoms with van der Waals surface area (Å²) in [6.07, 6.45) is 0. The van der Waals surface area contributed by atoms with Gasteiger partial charge in [-0.05, 0) is 34.1 Å². The van der Waals surface area contributed by atoms with Crippen LogP contribution in [0.25, 0.3) is 0 Å². The van der Waals surface area contributed by atoms with E-state index < -0.39 is 0 Å². The minimum Gasteiger partial charge on any atom is -0.346 e. The van der Waals surface area contributed by atoms with Gasteiger partial charge in [-0.2, -0.15) is 0 Å². The van der Waals surface area contributed by atoms with Crippen molar-refractivity contribution in [1.29, 1.82) is 0 Å². The van der Waals surface area contributed by atoms with Crippen LogP contribution in [0, 0.1) is 5.82 Å². The van der Waals surface area contributed by atoms with E-state index in [2.05, 4.69) is 26.2 Å². The van der Waals surface area contributed by atoms with E-state index >= 15 is 0 Å². The molecule has 0 spiro atoms. The molecule has 0 unspecified atom stereocenters. The first-order valence-electron chi connectivity index (χ1n) is 4.77. The molecule has 0 saturated carbocycles. The van der Waals surface area contributed by atoms with Gasteiger partial charge >= 0.3 is 0 Å². The summed E-state index contributed by atoms with van der Waals surface area (Å²) in [5.74, 6) is -0.641. The van der Waals surface area contributed by atoms with Crippen molar-refractivity contribution in [2.24, 2.45) is 0 Å². The van der Waals surface area contributed by atoms with Crippen LogP contribution in [0.2, 0.25) is 0 Å². The maximum absolute atomic E-state index is 12.8. The molecule has 3 nitrogen and oxygen atoms in total. The first-order chi connectivity index (χ1) is 8.16. The molecular formula is C11H8BrFN2OS. The molecule has 0 radical (unpaired) electrons. The second-order valence-corrected chi connectivity index (χ2v) is 4.86. The van der Waals surface area contributed by atoms with E-state index in [0.29, 0.717) is 16.6 Å². The second kappa shape index (κ2) is 5.37. The number of aromatic nitrogens is 1. The van der Waals surface area contributed by atoms with E-state index in [0.717, 1.165) is 5.69 Å². The number of nitrogens with one attached hydrogen (secondary N) is 1. The van der Waals surface area contributed by atoms with Gasteiger partial charge in [-0.3, -0.25) is 4.79 Å². The van der Waals surface area contributed by atoms with Gasteiger partial charge in [-0.15, -0.1) is 11.3 Å². The van der Waals surface area contributed by atoms with Gasteiger partial charge in [0.1, 0.15) is 5.82 Å². The summed E-state index contributed by atoms with van der Waals surface area (Å²) in [5, 5.41) is 4.58. The quantitative estimate of drug-likeness (QED) is 0.946. The third kappa shape index (κ3) is 3.10. The number of rotatable bonds is 3. The smallest absolute Gasteiger partial charge is 0.252 e. The minimum absolute atomic E-state index is 0.259. The fraction of sp³-hybridized carbons (Fsp3) is 0.0909. The summed E-state index contributed by atoms with van der Waals surface area (Å²) < 4.78 is 13.3. The zero-order valence-electron chi connectivity index (χ0n) is 8.61. The number of halogens is 2. The second-order valence-electron chi connectivity index (χ2n) is 3.29. The largest absolute Gasteiger partial charge is 0.346 e. The van der Waals surface area contributed by atoms with Crippen molar-refractivity contribution in [2.75, 3.05) is 0 Å². The molecular weight excluding hydrogens is 307 g/mol. The number of benzene rings is 1. The Morgan fingerprint density at radius 1 is 1.53 bits per heavy atom. The average molecular weight is 315 g/mol. The number of amides is 1. The monoisotopic (exact) mass is 314 g/mol. The SMILES string of the molecule is O=C(NCc1cscn1)c1ccc(F)cc1Br. The van der Waals surface area contributed by atoms with Crippen LogP contribution in [0.3, 0.4) is 0 Å². The molecule has 0 aliphatic rings. The Balaban J connectivity index is 2.04. The highest BCUT2D eigenvalue weighted by Crippen LogP contribution is 2.17. The summed E-state index contributed by atoms with van der Waals surface area (Å²) in [7, 11) is 0. The van der Waals surface area contributed by atoms with Crippen LogP contribution in [0.1, 0.15) is 16.1 Å². The lowest BCUT2D eigenvalue weighted by atomic mass is 10.2. The highest BCUT2D eigenvalue weighted by atomic mass is 79.9. The van der Waals surface area contributed by atoms with Gasteiger partial charge in [0.05, 0.1) is 23.3 Å². The van der Waals surface area contributed by atoms with Crippen molar-refractivity contribution in [3.63, 3.8) is 0 Å². The summed E-state index contributed by atoms with van der Waals surface area (Å²) in [6.45, 7) is 0.367. The molecule has 1 amide bonds. The van der Waals surface area contributed by atoms with Crippen LogP contribution in [0.15, 0.2) is 33.6 Å². The van der Waals surface area contributed by atoms with Crippen LogP contribution >= 0.6 is 27.3 Å². The van der Waals surface area contributed by atoms with Gasteiger partial charge in [-0.1, -0.05) is 0 Å². The molecule has 17 heavy (non-hydrogen) atoms. The summed E-state index contributed by atoms with van der Waals surface area (Å²) >= 11 is 4.62. The summed E-state index contributed by atoms with van der Waals surface area (Å²) in [4.78, 5) is 15.8. The Morgan fingerprint density at radius 2 is 2.35 bits per heavy atom. The van der Waals surface area contributed by atoms with Gasteiger partial charge in [0.2, 0.25) is 0 Å². The number of nitrogens with zero attached hydrogens (tertiary/aromatic N) is 1. The van der Waals surface area contributed by atoms with Crippen LogP contribution in [0.4, 0.5) is 4.39 Å². The highest BCUT2D eigenvalue weighted by Gasteiger charge is 2.10. The molecule has 1 aromatic heterocycles. The van der Waals surface area contributed by atoms with E-state index in [1.807, 2.05) is 5.38 Å². The van der Waals surface area contributed by atoms with Crippen LogP contribution in [-0.2, 0) is 6.54 Å². The minimum atomic E-state index is -0.382. The van der Waals surface area contributed by atoms with E-state index in [9.17, 15) is 9.18 Å². The standard InChI is InChI=1S/C11H8BrFN2OS/c12-10-3-7(13)1-2-9(10)11(16)14-4-8-5-17-6-15-8/h1-3,5-6H,4H2,(H,14,16). The van der Waals surface area contributed by atoms with Crippen molar-refractivity contribution in [3.8, 4) is 0 Å². The Labute approximate surface area is 110 Å². The van der Waals surface area contributed by atoms with Gasteiger partial charge in [-0.25, -0.2) is 9.37 Å². The van der Waals surface area contributed by atoms with Crippen molar-refractivity contribution >= 4 is 33.2 Å². The number of carbonyl (C=O) groups excluding carboxylic acids is 1. The van der Waals surface area contributed by atoms with E-state index in [1.54, 1.807) is 5.51 Å². The Morgan fingerprint density at radius 3 is 3.00 bits per heavy atom. The summed E-state index contributed by atoms with van der Waals surface area (Å²) in [6, 6.07) is 3.95. The molecule has 1 aromatic carbocycles. The molecule has 0 aliphatic carbocycles. The normalized spacial score (nSPS) is 10.2. The van der Waals surface area contributed by atoms with Gasteiger partial charge < -0.3 is 5.32 Å². The zero-order chi connectivity index (χ0) is 12.3. The van der Waals surface area contributed by atoms with Gasteiger partial charge in [0.25, 0.3) is 5.91 Å². The first-order valence-corrected chi connectivity index (χ1v) is 6.50. The van der Waals surface area contributed by atoms with Crippen LogP contribution in [0.5, 0.6) is 0 Å². The van der Waals surface area contributed by atoms with Crippen LogP contribution in [-0.4, -0.2) is 10.9 Å². The fourth-order valence-electron chi connectivity index (χ4n) is 1.26.